The summed E-state index contributed by atoms with van der Waals surface area (Å²) >= 11 is 6.05. The van der Waals surface area contributed by atoms with Crippen molar-refractivity contribution in [2.45, 2.75) is 23.7 Å². The molecule has 3 aromatic rings. The zero-order valence-corrected chi connectivity index (χ0v) is 15.5. The first-order chi connectivity index (χ1) is 12.4. The number of nitrogens with one attached hydrogen (secondary N) is 1. The number of aromatic amines is 1. The highest BCUT2D eigenvalue weighted by molar-refractivity contribution is 7.89. The molecule has 1 aliphatic rings. The van der Waals surface area contributed by atoms with E-state index in [0.717, 1.165) is 29.4 Å². The van der Waals surface area contributed by atoms with E-state index in [0.29, 0.717) is 18.1 Å². The maximum Gasteiger partial charge on any atom is 0.243 e. The molecule has 0 amide bonds. The van der Waals surface area contributed by atoms with Crippen molar-refractivity contribution in [1.82, 2.24) is 9.29 Å². The van der Waals surface area contributed by atoms with Crippen LogP contribution in [0.2, 0.25) is 5.02 Å². The fourth-order valence-corrected chi connectivity index (χ4v) is 5.22. The molecule has 0 saturated carbocycles. The molecule has 26 heavy (non-hydrogen) atoms. The Balaban J connectivity index is 1.61. The molecule has 1 fully saturated rings. The van der Waals surface area contributed by atoms with Gasteiger partial charge >= 0.3 is 0 Å². The minimum absolute atomic E-state index is 0.0881. The largest absolute Gasteiger partial charge is 0.358 e. The third kappa shape index (κ3) is 3.24. The molecule has 0 bridgehead atoms. The van der Waals surface area contributed by atoms with Gasteiger partial charge in [0.1, 0.15) is 5.82 Å². The maximum absolute atomic E-state index is 13.1. The fraction of sp³-hybridized carbons (Fsp3) is 0.263. The van der Waals surface area contributed by atoms with Gasteiger partial charge in [-0.2, -0.15) is 4.31 Å². The Hall–Kier alpha value is -1.89. The molecule has 1 aliphatic heterocycles. The lowest BCUT2D eigenvalue weighted by atomic mass is 9.96. The number of piperidine rings is 1. The zero-order valence-electron chi connectivity index (χ0n) is 14.0. The Morgan fingerprint density at radius 1 is 1.12 bits per heavy atom. The molecule has 2 aromatic carbocycles. The second kappa shape index (κ2) is 6.68. The SMILES string of the molecule is O=S(=O)(c1ccc(F)cc1)N1CCCC(c2cc3cc(Cl)ccc3[nH]2)C1. The Morgan fingerprint density at radius 2 is 1.88 bits per heavy atom. The van der Waals surface area contributed by atoms with Crippen LogP contribution >= 0.6 is 11.6 Å². The summed E-state index contributed by atoms with van der Waals surface area (Å²) < 4.78 is 40.3. The number of rotatable bonds is 3. The summed E-state index contributed by atoms with van der Waals surface area (Å²) in [5, 5.41) is 1.69. The molecule has 0 spiro atoms. The van der Waals surface area contributed by atoms with Crippen LogP contribution in [0.4, 0.5) is 4.39 Å². The normalized spacial score (nSPS) is 19.1. The summed E-state index contributed by atoms with van der Waals surface area (Å²) in [5.41, 5.74) is 2.00. The van der Waals surface area contributed by atoms with E-state index in [2.05, 4.69) is 4.98 Å². The van der Waals surface area contributed by atoms with Gasteiger partial charge in [0.25, 0.3) is 0 Å². The highest BCUT2D eigenvalue weighted by Gasteiger charge is 2.31. The first-order valence-electron chi connectivity index (χ1n) is 8.47. The van der Waals surface area contributed by atoms with Gasteiger partial charge in [-0.15, -0.1) is 0 Å². The van der Waals surface area contributed by atoms with Crippen LogP contribution in [-0.4, -0.2) is 30.8 Å². The smallest absolute Gasteiger partial charge is 0.243 e. The molecular weight excluding hydrogens is 375 g/mol. The van der Waals surface area contributed by atoms with Gasteiger partial charge < -0.3 is 4.98 Å². The third-order valence-corrected chi connectivity index (χ3v) is 6.99. The second-order valence-electron chi connectivity index (χ2n) is 6.61. The van der Waals surface area contributed by atoms with Gasteiger partial charge in [-0.1, -0.05) is 11.6 Å². The van der Waals surface area contributed by atoms with Crippen LogP contribution in [0.15, 0.2) is 53.4 Å². The molecule has 7 heteroatoms. The molecule has 1 aromatic heterocycles. The molecule has 0 radical (unpaired) electrons. The monoisotopic (exact) mass is 392 g/mol. The molecule has 1 atom stereocenters. The summed E-state index contributed by atoms with van der Waals surface area (Å²) in [6.45, 7) is 0.878. The highest BCUT2D eigenvalue weighted by Crippen LogP contribution is 2.32. The van der Waals surface area contributed by atoms with Gasteiger partial charge in [0.05, 0.1) is 4.90 Å². The molecule has 1 saturated heterocycles. The van der Waals surface area contributed by atoms with Gasteiger partial charge in [-0.05, 0) is 61.4 Å². The number of sulfonamides is 1. The first-order valence-corrected chi connectivity index (χ1v) is 10.3. The van der Waals surface area contributed by atoms with E-state index in [1.165, 1.54) is 28.6 Å². The summed E-state index contributed by atoms with van der Waals surface area (Å²) in [5.74, 6) is -0.359. The van der Waals surface area contributed by atoms with Crippen LogP contribution in [0.3, 0.4) is 0 Å². The van der Waals surface area contributed by atoms with Crippen molar-refractivity contribution in [3.05, 3.63) is 65.1 Å². The van der Waals surface area contributed by atoms with Crippen molar-refractivity contribution in [1.29, 1.82) is 0 Å². The lowest BCUT2D eigenvalue weighted by Crippen LogP contribution is -2.39. The minimum Gasteiger partial charge on any atom is -0.358 e. The molecular formula is C19H18ClFN2O2S. The number of hydrogen-bond donors (Lipinski definition) is 1. The van der Waals surface area contributed by atoms with E-state index < -0.39 is 15.8 Å². The molecule has 4 nitrogen and oxygen atoms in total. The summed E-state index contributed by atoms with van der Waals surface area (Å²) in [6.07, 6.45) is 1.69. The summed E-state index contributed by atoms with van der Waals surface area (Å²) in [6, 6.07) is 12.7. The van der Waals surface area contributed by atoms with Crippen molar-refractivity contribution >= 4 is 32.5 Å². The van der Waals surface area contributed by atoms with Crippen LogP contribution < -0.4 is 0 Å². The van der Waals surface area contributed by atoms with E-state index in [1.54, 1.807) is 0 Å². The third-order valence-electron chi connectivity index (χ3n) is 4.88. The van der Waals surface area contributed by atoms with Crippen LogP contribution in [0.25, 0.3) is 10.9 Å². The summed E-state index contributed by atoms with van der Waals surface area (Å²) in [7, 11) is -3.62. The van der Waals surface area contributed by atoms with Crippen LogP contribution in [-0.2, 0) is 10.0 Å². The van der Waals surface area contributed by atoms with Gasteiger partial charge in [0.2, 0.25) is 10.0 Å². The average Bonchev–Trinajstić information content (AvgIpc) is 3.05. The number of hydrogen-bond acceptors (Lipinski definition) is 2. The topological polar surface area (TPSA) is 53.2 Å². The molecule has 0 aliphatic carbocycles. The number of halogens is 2. The fourth-order valence-electron chi connectivity index (χ4n) is 3.52. The quantitative estimate of drug-likeness (QED) is 0.712. The van der Waals surface area contributed by atoms with E-state index in [4.69, 9.17) is 11.6 Å². The van der Waals surface area contributed by atoms with E-state index >= 15 is 0 Å². The van der Waals surface area contributed by atoms with Gasteiger partial charge in [-0.3, -0.25) is 0 Å². The Morgan fingerprint density at radius 3 is 2.65 bits per heavy atom. The predicted molar refractivity (Wildman–Crippen MR) is 100 cm³/mol. The van der Waals surface area contributed by atoms with Gasteiger partial charge in [-0.25, -0.2) is 12.8 Å². The van der Waals surface area contributed by atoms with Crippen molar-refractivity contribution < 1.29 is 12.8 Å². The zero-order chi connectivity index (χ0) is 18.3. The lowest BCUT2D eigenvalue weighted by Gasteiger charge is -2.31. The summed E-state index contributed by atoms with van der Waals surface area (Å²) in [4.78, 5) is 3.51. The Labute approximate surface area is 156 Å². The number of benzene rings is 2. The molecule has 4 rings (SSSR count). The van der Waals surface area contributed by atoms with Crippen LogP contribution in [0.5, 0.6) is 0 Å². The maximum atomic E-state index is 13.1. The van der Waals surface area contributed by atoms with Crippen molar-refractivity contribution in [3.63, 3.8) is 0 Å². The molecule has 1 unspecified atom stereocenters. The van der Waals surface area contributed by atoms with Crippen LogP contribution in [0.1, 0.15) is 24.5 Å². The minimum atomic E-state index is -3.62. The van der Waals surface area contributed by atoms with Gasteiger partial charge in [0, 0.05) is 40.6 Å². The van der Waals surface area contributed by atoms with Crippen molar-refractivity contribution in [2.75, 3.05) is 13.1 Å². The molecule has 1 N–H and O–H groups in total. The number of aromatic nitrogens is 1. The average molecular weight is 393 g/mol. The Kier molecular flexibility index (Phi) is 4.50. The van der Waals surface area contributed by atoms with E-state index in [1.807, 2.05) is 24.3 Å². The lowest BCUT2D eigenvalue weighted by molar-refractivity contribution is 0.313. The predicted octanol–water partition coefficient (Wildman–Crippen LogP) is 4.53. The second-order valence-corrected chi connectivity index (χ2v) is 8.99. The highest BCUT2D eigenvalue weighted by atomic mass is 35.5. The van der Waals surface area contributed by atoms with Crippen molar-refractivity contribution in [3.8, 4) is 0 Å². The van der Waals surface area contributed by atoms with E-state index in [-0.39, 0.29) is 10.8 Å². The van der Waals surface area contributed by atoms with Crippen molar-refractivity contribution in [2.24, 2.45) is 0 Å². The number of H-pyrrole nitrogens is 1. The standard InChI is InChI=1S/C19H18ClFN2O2S/c20-15-3-8-18-14(10-15)11-19(22-18)13-2-1-9-23(12-13)26(24,25)17-6-4-16(21)5-7-17/h3-8,10-11,13,22H,1-2,9,12H2. The van der Waals surface area contributed by atoms with Gasteiger partial charge in [0.15, 0.2) is 0 Å². The van der Waals surface area contributed by atoms with Crippen LogP contribution in [0, 0.1) is 5.82 Å². The Bertz CT molecular complexity index is 1050. The first kappa shape index (κ1) is 17.5. The molecule has 136 valence electrons. The molecule has 2 heterocycles. The van der Waals surface area contributed by atoms with E-state index in [9.17, 15) is 12.8 Å². The number of fused-ring (bicyclic) bond motifs is 1. The number of nitrogens with zero attached hydrogens (tertiary/aromatic N) is 1.